The van der Waals surface area contributed by atoms with E-state index < -0.39 is 0 Å². The molecule has 0 amide bonds. The van der Waals surface area contributed by atoms with Crippen LogP contribution in [0.4, 0.5) is 5.13 Å². The fraction of sp³-hybridized carbons (Fsp3) is 0. The Kier molecular flexibility index (Phi) is 4.81. The fourth-order valence-electron chi connectivity index (χ4n) is 1.90. The van der Waals surface area contributed by atoms with Crippen LogP contribution >= 0.6 is 34.5 Å². The molecule has 0 bridgehead atoms. The number of phenolic OH excluding ortho intramolecular Hbond substituents is 1. The SMILES string of the molecule is Oc1ccccc1/C=N\Nc1nc(-c2ccc(Cl)cc2Cl)cs1. The van der Waals surface area contributed by atoms with Gasteiger partial charge in [-0.1, -0.05) is 35.3 Å². The van der Waals surface area contributed by atoms with Gasteiger partial charge in [-0.3, -0.25) is 5.43 Å². The molecule has 2 aromatic carbocycles. The van der Waals surface area contributed by atoms with Crippen LogP contribution in [-0.2, 0) is 0 Å². The number of anilines is 1. The van der Waals surface area contributed by atoms with Crippen molar-refractivity contribution >= 4 is 45.9 Å². The third kappa shape index (κ3) is 3.82. The Labute approximate surface area is 147 Å². The molecule has 0 aliphatic carbocycles. The summed E-state index contributed by atoms with van der Waals surface area (Å²) < 4.78 is 0. The first-order valence-electron chi connectivity index (χ1n) is 6.61. The van der Waals surface area contributed by atoms with Crippen molar-refractivity contribution in [1.29, 1.82) is 0 Å². The maximum absolute atomic E-state index is 9.66. The van der Waals surface area contributed by atoms with Crippen molar-refractivity contribution in [2.75, 3.05) is 5.43 Å². The number of nitrogens with zero attached hydrogens (tertiary/aromatic N) is 2. The van der Waals surface area contributed by atoms with Gasteiger partial charge < -0.3 is 5.11 Å². The quantitative estimate of drug-likeness (QED) is 0.490. The lowest BCUT2D eigenvalue weighted by atomic mass is 10.2. The van der Waals surface area contributed by atoms with E-state index in [9.17, 15) is 5.11 Å². The molecule has 0 aliphatic rings. The zero-order valence-corrected chi connectivity index (χ0v) is 14.0. The van der Waals surface area contributed by atoms with Crippen LogP contribution in [0.1, 0.15) is 5.56 Å². The lowest BCUT2D eigenvalue weighted by Crippen LogP contribution is -1.90. The number of hydrogen-bond acceptors (Lipinski definition) is 5. The Morgan fingerprint density at radius 3 is 2.78 bits per heavy atom. The van der Waals surface area contributed by atoms with Crippen LogP contribution in [0.2, 0.25) is 10.0 Å². The third-order valence-electron chi connectivity index (χ3n) is 3.01. The van der Waals surface area contributed by atoms with Crippen molar-refractivity contribution in [3.8, 4) is 17.0 Å². The molecule has 0 radical (unpaired) electrons. The number of phenols is 1. The molecule has 2 N–H and O–H groups in total. The first kappa shape index (κ1) is 15.8. The maximum atomic E-state index is 9.66. The number of hydrazone groups is 1. The topological polar surface area (TPSA) is 57.5 Å². The van der Waals surface area contributed by atoms with E-state index in [0.29, 0.717) is 20.7 Å². The summed E-state index contributed by atoms with van der Waals surface area (Å²) >= 11 is 13.5. The van der Waals surface area contributed by atoms with E-state index in [1.807, 2.05) is 17.5 Å². The van der Waals surface area contributed by atoms with Crippen LogP contribution in [0.5, 0.6) is 5.75 Å². The molecule has 3 rings (SSSR count). The van der Waals surface area contributed by atoms with Crippen molar-refractivity contribution in [3.05, 3.63) is 63.5 Å². The molecule has 4 nitrogen and oxygen atoms in total. The highest BCUT2D eigenvalue weighted by Gasteiger charge is 2.08. The molecule has 0 saturated heterocycles. The average molecular weight is 364 g/mol. The second-order valence-electron chi connectivity index (χ2n) is 4.59. The minimum Gasteiger partial charge on any atom is -0.507 e. The molecule has 1 heterocycles. The Balaban J connectivity index is 1.74. The first-order chi connectivity index (χ1) is 11.1. The summed E-state index contributed by atoms with van der Waals surface area (Å²) in [6.07, 6.45) is 1.53. The van der Waals surface area contributed by atoms with Crippen molar-refractivity contribution < 1.29 is 5.11 Å². The first-order valence-corrected chi connectivity index (χ1v) is 8.25. The summed E-state index contributed by atoms with van der Waals surface area (Å²) in [7, 11) is 0. The van der Waals surface area contributed by atoms with E-state index >= 15 is 0 Å². The number of thiazole rings is 1. The lowest BCUT2D eigenvalue weighted by molar-refractivity contribution is 0.474. The highest BCUT2D eigenvalue weighted by Crippen LogP contribution is 2.32. The predicted octanol–water partition coefficient (Wildman–Crippen LogP) is 5.27. The Morgan fingerprint density at radius 2 is 2.00 bits per heavy atom. The van der Waals surface area contributed by atoms with Gasteiger partial charge in [-0.25, -0.2) is 4.98 Å². The summed E-state index contributed by atoms with van der Waals surface area (Å²) in [5.74, 6) is 0.172. The van der Waals surface area contributed by atoms with Crippen molar-refractivity contribution in [3.63, 3.8) is 0 Å². The smallest absolute Gasteiger partial charge is 0.203 e. The normalized spacial score (nSPS) is 11.0. The largest absolute Gasteiger partial charge is 0.507 e. The number of aromatic hydroxyl groups is 1. The van der Waals surface area contributed by atoms with Crippen LogP contribution in [-0.4, -0.2) is 16.3 Å². The van der Waals surface area contributed by atoms with Gasteiger partial charge in [0.05, 0.1) is 16.9 Å². The Bertz CT molecular complexity index is 864. The van der Waals surface area contributed by atoms with Gasteiger partial charge in [0.1, 0.15) is 5.75 Å². The lowest BCUT2D eigenvalue weighted by Gasteiger charge is -2.00. The van der Waals surface area contributed by atoms with E-state index in [0.717, 1.165) is 11.3 Å². The zero-order chi connectivity index (χ0) is 16.2. The molecular weight excluding hydrogens is 353 g/mol. The molecule has 0 fully saturated rings. The number of hydrogen-bond donors (Lipinski definition) is 2. The molecule has 0 aliphatic heterocycles. The van der Waals surface area contributed by atoms with Crippen molar-refractivity contribution in [2.24, 2.45) is 5.10 Å². The minimum atomic E-state index is 0.172. The molecule has 0 atom stereocenters. The van der Waals surface area contributed by atoms with Crippen molar-refractivity contribution in [1.82, 2.24) is 4.98 Å². The van der Waals surface area contributed by atoms with Gasteiger partial charge in [0.15, 0.2) is 0 Å². The fourth-order valence-corrected chi connectivity index (χ4v) is 3.06. The zero-order valence-electron chi connectivity index (χ0n) is 11.7. The number of benzene rings is 2. The van der Waals surface area contributed by atoms with E-state index in [1.54, 1.807) is 30.3 Å². The van der Waals surface area contributed by atoms with Gasteiger partial charge in [-0.15, -0.1) is 11.3 Å². The van der Waals surface area contributed by atoms with Crippen molar-refractivity contribution in [2.45, 2.75) is 0 Å². The summed E-state index contributed by atoms with van der Waals surface area (Å²) in [4.78, 5) is 4.43. The van der Waals surface area contributed by atoms with Gasteiger partial charge in [-0.2, -0.15) is 5.10 Å². The van der Waals surface area contributed by atoms with Gasteiger partial charge in [0.2, 0.25) is 5.13 Å². The minimum absolute atomic E-state index is 0.172. The molecule has 0 spiro atoms. The van der Waals surface area contributed by atoms with Crippen LogP contribution in [0.3, 0.4) is 0 Å². The number of nitrogens with one attached hydrogen (secondary N) is 1. The standard InChI is InChI=1S/C16H11Cl2N3OS/c17-11-5-6-12(13(18)7-11)14-9-23-16(20-14)21-19-8-10-3-1-2-4-15(10)22/h1-9,22H,(H,20,21)/b19-8-. The second kappa shape index (κ2) is 7.00. The molecule has 0 saturated carbocycles. The number of halogens is 2. The molecule has 7 heteroatoms. The average Bonchev–Trinajstić information content (AvgIpc) is 2.98. The van der Waals surface area contributed by atoms with Crippen LogP contribution in [0.25, 0.3) is 11.3 Å². The Morgan fingerprint density at radius 1 is 1.17 bits per heavy atom. The van der Waals surface area contributed by atoms with E-state index in [-0.39, 0.29) is 5.75 Å². The van der Waals surface area contributed by atoms with Crippen LogP contribution < -0.4 is 5.43 Å². The predicted molar refractivity (Wildman–Crippen MR) is 96.9 cm³/mol. The van der Waals surface area contributed by atoms with Gasteiger partial charge >= 0.3 is 0 Å². The second-order valence-corrected chi connectivity index (χ2v) is 6.29. The highest BCUT2D eigenvalue weighted by atomic mass is 35.5. The number of rotatable bonds is 4. The van der Waals surface area contributed by atoms with Gasteiger partial charge in [0, 0.05) is 21.5 Å². The Hall–Kier alpha value is -2.08. The van der Waals surface area contributed by atoms with Gasteiger partial charge in [-0.05, 0) is 30.3 Å². The third-order valence-corrected chi connectivity index (χ3v) is 4.31. The highest BCUT2D eigenvalue weighted by molar-refractivity contribution is 7.14. The molecular formula is C16H11Cl2N3OS. The number of aromatic nitrogens is 1. The van der Waals surface area contributed by atoms with Crippen LogP contribution in [0.15, 0.2) is 52.9 Å². The summed E-state index contributed by atoms with van der Waals surface area (Å²) in [5.41, 5.74) is 5.02. The summed E-state index contributed by atoms with van der Waals surface area (Å²) in [5, 5.41) is 17.4. The molecule has 23 heavy (non-hydrogen) atoms. The summed E-state index contributed by atoms with van der Waals surface area (Å²) in [6.45, 7) is 0. The monoisotopic (exact) mass is 363 g/mol. The van der Waals surface area contributed by atoms with Crippen LogP contribution in [0, 0.1) is 0 Å². The van der Waals surface area contributed by atoms with E-state index in [4.69, 9.17) is 23.2 Å². The number of para-hydroxylation sites is 1. The summed E-state index contributed by atoms with van der Waals surface area (Å²) in [6, 6.07) is 12.2. The molecule has 1 aromatic heterocycles. The van der Waals surface area contributed by atoms with Gasteiger partial charge in [0.25, 0.3) is 0 Å². The van der Waals surface area contributed by atoms with E-state index in [2.05, 4.69) is 15.5 Å². The van der Waals surface area contributed by atoms with E-state index in [1.165, 1.54) is 17.6 Å². The molecule has 0 unspecified atom stereocenters. The maximum Gasteiger partial charge on any atom is 0.203 e. The molecule has 116 valence electrons. The molecule has 3 aromatic rings.